The lowest BCUT2D eigenvalue weighted by Gasteiger charge is -2.25. The Hall–Kier alpha value is -2.99. The maximum atomic E-state index is 13.5. The first kappa shape index (κ1) is 20.3. The standard InChI is InChI=1S/C24H24FNO4/c1-2-16-5-7-17(8-6-16)14-26(15-19-4-3-11-29-19)24(28)23-13-21(27)20-12-18(25)9-10-22(20)30-23/h5-10,12-13,19H,2-4,11,14-15H2,1H3. The summed E-state index contributed by atoms with van der Waals surface area (Å²) in [5, 5.41) is 0.118. The highest BCUT2D eigenvalue weighted by Gasteiger charge is 2.25. The number of rotatable bonds is 6. The molecule has 1 atom stereocenters. The van der Waals surface area contributed by atoms with Gasteiger partial charge in [-0.05, 0) is 48.6 Å². The number of amides is 1. The van der Waals surface area contributed by atoms with E-state index in [0.29, 0.717) is 19.7 Å². The number of ether oxygens (including phenoxy) is 1. The molecule has 0 bridgehead atoms. The normalized spacial score (nSPS) is 16.1. The molecule has 4 rings (SSSR count). The van der Waals surface area contributed by atoms with Crippen LogP contribution in [0.15, 0.2) is 57.7 Å². The van der Waals surface area contributed by atoms with Gasteiger partial charge in [0.2, 0.25) is 0 Å². The largest absolute Gasteiger partial charge is 0.451 e. The van der Waals surface area contributed by atoms with E-state index in [1.54, 1.807) is 4.90 Å². The maximum absolute atomic E-state index is 13.5. The minimum Gasteiger partial charge on any atom is -0.451 e. The van der Waals surface area contributed by atoms with Crippen LogP contribution in [0.4, 0.5) is 4.39 Å². The van der Waals surface area contributed by atoms with Crippen LogP contribution in [0.25, 0.3) is 11.0 Å². The van der Waals surface area contributed by atoms with Gasteiger partial charge >= 0.3 is 0 Å². The predicted molar refractivity (Wildman–Crippen MR) is 112 cm³/mol. The lowest BCUT2D eigenvalue weighted by Crippen LogP contribution is -2.37. The van der Waals surface area contributed by atoms with Crippen LogP contribution in [-0.4, -0.2) is 30.1 Å². The fourth-order valence-corrected chi connectivity index (χ4v) is 3.74. The van der Waals surface area contributed by atoms with Gasteiger partial charge in [-0.25, -0.2) is 4.39 Å². The molecule has 0 N–H and O–H groups in total. The van der Waals surface area contributed by atoms with Crippen LogP contribution in [0.1, 0.15) is 41.4 Å². The molecule has 1 saturated heterocycles. The minimum absolute atomic E-state index is 0.0369. The van der Waals surface area contributed by atoms with Crippen molar-refractivity contribution in [2.24, 2.45) is 0 Å². The molecule has 5 nitrogen and oxygen atoms in total. The highest BCUT2D eigenvalue weighted by Crippen LogP contribution is 2.20. The molecule has 1 unspecified atom stereocenters. The number of carbonyl (C=O) groups excluding carboxylic acids is 1. The molecule has 1 aliphatic rings. The first-order valence-electron chi connectivity index (χ1n) is 10.3. The van der Waals surface area contributed by atoms with Crippen molar-refractivity contribution in [1.29, 1.82) is 0 Å². The van der Waals surface area contributed by atoms with Gasteiger partial charge in [0.25, 0.3) is 5.91 Å². The van der Waals surface area contributed by atoms with E-state index < -0.39 is 11.2 Å². The van der Waals surface area contributed by atoms with Gasteiger partial charge in [0, 0.05) is 25.8 Å². The van der Waals surface area contributed by atoms with Crippen LogP contribution in [0, 0.1) is 5.82 Å². The van der Waals surface area contributed by atoms with Gasteiger partial charge in [0.15, 0.2) is 11.2 Å². The molecule has 0 aliphatic carbocycles. The number of nitrogens with zero attached hydrogens (tertiary/aromatic N) is 1. The topological polar surface area (TPSA) is 59.8 Å². The summed E-state index contributed by atoms with van der Waals surface area (Å²) in [5.41, 5.74) is 1.97. The van der Waals surface area contributed by atoms with E-state index in [9.17, 15) is 14.0 Å². The molecule has 2 aromatic carbocycles. The zero-order chi connectivity index (χ0) is 21.1. The molecule has 1 aromatic heterocycles. The minimum atomic E-state index is -0.524. The lowest BCUT2D eigenvalue weighted by molar-refractivity contribution is 0.0484. The Morgan fingerprint density at radius 3 is 2.60 bits per heavy atom. The summed E-state index contributed by atoms with van der Waals surface area (Å²) < 4.78 is 24.9. The summed E-state index contributed by atoms with van der Waals surface area (Å²) in [7, 11) is 0. The second kappa shape index (κ2) is 8.79. The van der Waals surface area contributed by atoms with Gasteiger partial charge < -0.3 is 14.1 Å². The summed E-state index contributed by atoms with van der Waals surface area (Å²) in [5.74, 6) is -0.958. The molecule has 156 valence electrons. The monoisotopic (exact) mass is 409 g/mol. The Morgan fingerprint density at radius 1 is 1.13 bits per heavy atom. The molecule has 0 radical (unpaired) electrons. The number of fused-ring (bicyclic) bond motifs is 1. The van der Waals surface area contributed by atoms with E-state index in [0.717, 1.165) is 37.0 Å². The highest BCUT2D eigenvalue weighted by atomic mass is 19.1. The fraction of sp³-hybridized carbons (Fsp3) is 0.333. The van der Waals surface area contributed by atoms with Crippen LogP contribution < -0.4 is 5.43 Å². The van der Waals surface area contributed by atoms with Crippen LogP contribution >= 0.6 is 0 Å². The van der Waals surface area contributed by atoms with Gasteiger partial charge in [-0.2, -0.15) is 0 Å². The predicted octanol–water partition coefficient (Wildman–Crippen LogP) is 4.32. The van der Waals surface area contributed by atoms with Crippen LogP contribution in [0.5, 0.6) is 0 Å². The Bertz CT molecular complexity index is 1100. The maximum Gasteiger partial charge on any atom is 0.290 e. The van der Waals surface area contributed by atoms with E-state index >= 15 is 0 Å². The molecule has 1 amide bonds. The summed E-state index contributed by atoms with van der Waals surface area (Å²) in [6.07, 6.45) is 2.76. The van der Waals surface area contributed by atoms with Gasteiger partial charge in [0.1, 0.15) is 11.4 Å². The first-order valence-corrected chi connectivity index (χ1v) is 10.3. The molecule has 1 fully saturated rings. The molecule has 0 spiro atoms. The molecular weight excluding hydrogens is 385 g/mol. The van der Waals surface area contributed by atoms with Gasteiger partial charge in [0.05, 0.1) is 11.5 Å². The number of aryl methyl sites for hydroxylation is 1. The summed E-state index contributed by atoms with van der Waals surface area (Å²) in [6, 6.07) is 13.0. The van der Waals surface area contributed by atoms with Crippen molar-refractivity contribution < 1.29 is 18.3 Å². The average Bonchev–Trinajstić information content (AvgIpc) is 3.27. The average molecular weight is 409 g/mol. The second-order valence-corrected chi connectivity index (χ2v) is 7.61. The third-order valence-corrected chi connectivity index (χ3v) is 5.44. The van der Waals surface area contributed by atoms with Gasteiger partial charge in [-0.15, -0.1) is 0 Å². The lowest BCUT2D eigenvalue weighted by atomic mass is 10.1. The molecule has 6 heteroatoms. The van der Waals surface area contributed by atoms with Crippen LogP contribution in [0.2, 0.25) is 0 Å². The molecular formula is C24H24FNO4. The van der Waals surface area contributed by atoms with E-state index in [4.69, 9.17) is 9.15 Å². The molecule has 0 saturated carbocycles. The smallest absolute Gasteiger partial charge is 0.290 e. The van der Waals surface area contributed by atoms with Crippen LogP contribution in [-0.2, 0) is 17.7 Å². The second-order valence-electron chi connectivity index (χ2n) is 7.61. The van der Waals surface area contributed by atoms with Crippen molar-refractivity contribution in [2.75, 3.05) is 13.2 Å². The van der Waals surface area contributed by atoms with Gasteiger partial charge in [-0.1, -0.05) is 31.2 Å². The van der Waals surface area contributed by atoms with Crippen molar-refractivity contribution >= 4 is 16.9 Å². The number of carbonyl (C=O) groups is 1. The van der Waals surface area contributed by atoms with Gasteiger partial charge in [-0.3, -0.25) is 9.59 Å². The Kier molecular flexibility index (Phi) is 5.95. The third-order valence-electron chi connectivity index (χ3n) is 5.44. The molecule has 3 aromatic rings. The summed E-state index contributed by atoms with van der Waals surface area (Å²) in [6.45, 7) is 3.58. The highest BCUT2D eigenvalue weighted by molar-refractivity contribution is 5.93. The van der Waals surface area contributed by atoms with Crippen molar-refractivity contribution in [3.8, 4) is 0 Å². The SMILES string of the molecule is CCc1ccc(CN(CC2CCCO2)C(=O)c2cc(=O)c3cc(F)ccc3o2)cc1. The quantitative estimate of drug-likeness (QED) is 0.609. The van der Waals surface area contributed by atoms with Crippen molar-refractivity contribution in [3.05, 3.63) is 81.5 Å². The van der Waals surface area contributed by atoms with E-state index in [-0.39, 0.29) is 28.7 Å². The summed E-state index contributed by atoms with van der Waals surface area (Å²) >= 11 is 0. The van der Waals surface area contributed by atoms with E-state index in [2.05, 4.69) is 19.1 Å². The molecule has 1 aliphatic heterocycles. The van der Waals surface area contributed by atoms with E-state index in [1.165, 1.54) is 17.7 Å². The van der Waals surface area contributed by atoms with Crippen molar-refractivity contribution in [2.45, 2.75) is 38.8 Å². The Balaban J connectivity index is 1.64. The van der Waals surface area contributed by atoms with Crippen molar-refractivity contribution in [3.63, 3.8) is 0 Å². The van der Waals surface area contributed by atoms with Crippen molar-refractivity contribution in [1.82, 2.24) is 4.90 Å². The third kappa shape index (κ3) is 4.44. The zero-order valence-corrected chi connectivity index (χ0v) is 16.9. The fourth-order valence-electron chi connectivity index (χ4n) is 3.74. The Labute approximate surface area is 174 Å². The number of hydrogen-bond acceptors (Lipinski definition) is 4. The number of halogens is 1. The number of benzene rings is 2. The van der Waals surface area contributed by atoms with Crippen LogP contribution in [0.3, 0.4) is 0 Å². The number of hydrogen-bond donors (Lipinski definition) is 0. The summed E-state index contributed by atoms with van der Waals surface area (Å²) in [4.78, 5) is 27.4. The zero-order valence-electron chi connectivity index (χ0n) is 16.9. The molecule has 30 heavy (non-hydrogen) atoms. The van der Waals surface area contributed by atoms with E-state index in [1.807, 2.05) is 12.1 Å². The Morgan fingerprint density at radius 2 is 1.90 bits per heavy atom. The first-order chi connectivity index (χ1) is 14.5. The molecule has 2 heterocycles.